The molecule has 3 aliphatic rings. The van der Waals surface area contributed by atoms with Crippen LogP contribution in [-0.2, 0) is 4.79 Å². The summed E-state index contributed by atoms with van der Waals surface area (Å²) in [7, 11) is 0. The summed E-state index contributed by atoms with van der Waals surface area (Å²) in [4.78, 5) is 28.9. The lowest BCUT2D eigenvalue weighted by Gasteiger charge is -2.30. The third kappa shape index (κ3) is 3.77. The van der Waals surface area contributed by atoms with Crippen LogP contribution in [-0.4, -0.2) is 71.4 Å². The van der Waals surface area contributed by atoms with Crippen molar-refractivity contribution in [3.05, 3.63) is 42.0 Å². The van der Waals surface area contributed by atoms with E-state index in [4.69, 9.17) is 0 Å². The molecule has 2 amide bonds. The molecule has 0 aromatic heterocycles. The monoisotopic (exact) mass is 385 g/mol. The minimum absolute atomic E-state index is 0.0131. The SMILES string of the molecule is O=C(N[C@@H]1CN(C(=O)c2cccc(N3CC=CC3)c2)C[C@H]1O)C(O)C1CCC1. The number of carbonyl (C=O) groups is 2. The average molecular weight is 385 g/mol. The van der Waals surface area contributed by atoms with Crippen LogP contribution in [0, 0.1) is 5.92 Å². The van der Waals surface area contributed by atoms with E-state index in [0.29, 0.717) is 5.56 Å². The Hall–Kier alpha value is -2.38. The highest BCUT2D eigenvalue weighted by Gasteiger charge is 2.38. The molecule has 1 aromatic carbocycles. The van der Waals surface area contributed by atoms with E-state index in [1.165, 1.54) is 0 Å². The van der Waals surface area contributed by atoms with E-state index in [9.17, 15) is 19.8 Å². The number of nitrogens with one attached hydrogen (secondary N) is 1. The molecule has 1 aliphatic carbocycles. The Morgan fingerprint density at radius 1 is 1.14 bits per heavy atom. The molecule has 1 unspecified atom stereocenters. The van der Waals surface area contributed by atoms with E-state index < -0.39 is 24.2 Å². The predicted octanol–water partition coefficient (Wildman–Crippen LogP) is 0.525. The lowest BCUT2D eigenvalue weighted by atomic mass is 9.81. The van der Waals surface area contributed by atoms with Gasteiger partial charge in [-0.2, -0.15) is 0 Å². The molecule has 4 rings (SSSR count). The first-order valence-corrected chi connectivity index (χ1v) is 9.98. The van der Waals surface area contributed by atoms with Gasteiger partial charge in [0.2, 0.25) is 5.91 Å². The van der Waals surface area contributed by atoms with Crippen LogP contribution in [0.15, 0.2) is 36.4 Å². The van der Waals surface area contributed by atoms with Crippen molar-refractivity contribution < 1.29 is 19.8 Å². The van der Waals surface area contributed by atoms with Crippen molar-refractivity contribution in [2.45, 2.75) is 37.5 Å². The number of aliphatic hydroxyl groups is 2. The zero-order valence-corrected chi connectivity index (χ0v) is 15.8. The first-order chi connectivity index (χ1) is 13.5. The topological polar surface area (TPSA) is 93.1 Å². The third-order valence-corrected chi connectivity index (χ3v) is 6.05. The number of nitrogens with zero attached hydrogens (tertiary/aromatic N) is 2. The predicted molar refractivity (Wildman–Crippen MR) is 105 cm³/mol. The Kier molecular flexibility index (Phi) is 5.37. The van der Waals surface area contributed by atoms with Crippen molar-refractivity contribution >= 4 is 17.5 Å². The minimum Gasteiger partial charge on any atom is -0.389 e. The van der Waals surface area contributed by atoms with Gasteiger partial charge in [0.05, 0.1) is 12.1 Å². The van der Waals surface area contributed by atoms with Gasteiger partial charge in [-0.05, 0) is 37.0 Å². The van der Waals surface area contributed by atoms with E-state index in [1.807, 2.05) is 18.2 Å². The maximum absolute atomic E-state index is 12.9. The number of β-amino-alcohol motifs (C(OH)–C–C–N with tert-alkyl or cyclic N) is 1. The number of hydrogen-bond acceptors (Lipinski definition) is 5. The number of hydrogen-bond donors (Lipinski definition) is 3. The van der Waals surface area contributed by atoms with Crippen LogP contribution in [0.1, 0.15) is 29.6 Å². The Morgan fingerprint density at radius 2 is 1.89 bits per heavy atom. The van der Waals surface area contributed by atoms with Gasteiger partial charge in [-0.1, -0.05) is 24.6 Å². The minimum atomic E-state index is -1.03. The fourth-order valence-electron chi connectivity index (χ4n) is 4.04. The van der Waals surface area contributed by atoms with Gasteiger partial charge < -0.3 is 25.3 Å². The first-order valence-electron chi connectivity index (χ1n) is 9.98. The van der Waals surface area contributed by atoms with Crippen LogP contribution >= 0.6 is 0 Å². The first kappa shape index (κ1) is 19.0. The number of benzene rings is 1. The molecule has 3 atom stereocenters. The summed E-state index contributed by atoms with van der Waals surface area (Å²) in [5.74, 6) is -0.602. The molecule has 7 heteroatoms. The summed E-state index contributed by atoms with van der Waals surface area (Å²) in [5.41, 5.74) is 1.56. The Labute approximate surface area is 164 Å². The Morgan fingerprint density at radius 3 is 2.57 bits per heavy atom. The molecule has 28 heavy (non-hydrogen) atoms. The summed E-state index contributed by atoms with van der Waals surface area (Å²) >= 11 is 0. The molecule has 2 aliphatic heterocycles. The summed E-state index contributed by atoms with van der Waals surface area (Å²) in [6.45, 7) is 2.06. The maximum atomic E-state index is 12.9. The van der Waals surface area contributed by atoms with E-state index in [1.54, 1.807) is 11.0 Å². The Balaban J connectivity index is 1.38. The fraction of sp³-hybridized carbons (Fsp3) is 0.524. The quantitative estimate of drug-likeness (QED) is 0.643. The number of carbonyl (C=O) groups excluding carboxylic acids is 2. The second-order valence-electron chi connectivity index (χ2n) is 7.96. The van der Waals surface area contributed by atoms with E-state index in [-0.39, 0.29) is 24.9 Å². The van der Waals surface area contributed by atoms with Crippen molar-refractivity contribution in [2.75, 3.05) is 31.1 Å². The van der Waals surface area contributed by atoms with E-state index in [0.717, 1.165) is 38.0 Å². The highest BCUT2D eigenvalue weighted by molar-refractivity contribution is 5.95. The van der Waals surface area contributed by atoms with Crippen molar-refractivity contribution in [1.29, 1.82) is 0 Å². The summed E-state index contributed by atoms with van der Waals surface area (Å²) in [6.07, 6.45) is 5.07. The van der Waals surface area contributed by atoms with Gasteiger partial charge >= 0.3 is 0 Å². The lowest BCUT2D eigenvalue weighted by molar-refractivity contribution is -0.135. The lowest BCUT2D eigenvalue weighted by Crippen LogP contribution is -2.49. The molecular formula is C21H27N3O4. The van der Waals surface area contributed by atoms with Crippen molar-refractivity contribution in [3.8, 4) is 0 Å². The van der Waals surface area contributed by atoms with Crippen molar-refractivity contribution in [2.24, 2.45) is 5.92 Å². The van der Waals surface area contributed by atoms with Gasteiger partial charge in [-0.3, -0.25) is 9.59 Å². The summed E-state index contributed by atoms with van der Waals surface area (Å²) < 4.78 is 0. The normalized spacial score (nSPS) is 25.6. The molecule has 150 valence electrons. The summed E-state index contributed by atoms with van der Waals surface area (Å²) in [5, 5.41) is 23.1. The van der Waals surface area contributed by atoms with Gasteiger partial charge in [0.1, 0.15) is 6.10 Å². The molecule has 2 fully saturated rings. The van der Waals surface area contributed by atoms with Crippen molar-refractivity contribution in [1.82, 2.24) is 10.2 Å². The van der Waals surface area contributed by atoms with Crippen LogP contribution in [0.5, 0.6) is 0 Å². The number of amides is 2. The van der Waals surface area contributed by atoms with Gasteiger partial charge in [-0.25, -0.2) is 0 Å². The average Bonchev–Trinajstić information content (AvgIpc) is 3.30. The molecule has 7 nitrogen and oxygen atoms in total. The molecule has 3 N–H and O–H groups in total. The summed E-state index contributed by atoms with van der Waals surface area (Å²) in [6, 6.07) is 6.92. The molecule has 0 spiro atoms. The highest BCUT2D eigenvalue weighted by atomic mass is 16.3. The second-order valence-corrected chi connectivity index (χ2v) is 7.96. The molecule has 1 saturated carbocycles. The van der Waals surface area contributed by atoms with Gasteiger partial charge in [0, 0.05) is 37.4 Å². The smallest absolute Gasteiger partial charge is 0.254 e. The highest BCUT2D eigenvalue weighted by Crippen LogP contribution is 2.30. The molecular weight excluding hydrogens is 358 g/mol. The molecule has 0 bridgehead atoms. The number of likely N-dealkylation sites (tertiary alicyclic amines) is 1. The van der Waals surface area contributed by atoms with Gasteiger partial charge in [-0.15, -0.1) is 0 Å². The van der Waals surface area contributed by atoms with E-state index in [2.05, 4.69) is 22.4 Å². The van der Waals surface area contributed by atoms with E-state index >= 15 is 0 Å². The maximum Gasteiger partial charge on any atom is 0.254 e. The van der Waals surface area contributed by atoms with Crippen LogP contribution in [0.2, 0.25) is 0 Å². The Bertz CT molecular complexity index is 769. The number of aliphatic hydroxyl groups excluding tert-OH is 2. The van der Waals surface area contributed by atoms with Crippen LogP contribution in [0.4, 0.5) is 5.69 Å². The van der Waals surface area contributed by atoms with Crippen molar-refractivity contribution in [3.63, 3.8) is 0 Å². The van der Waals surface area contributed by atoms with Crippen LogP contribution in [0.3, 0.4) is 0 Å². The second kappa shape index (κ2) is 7.93. The molecule has 1 aromatic rings. The standard InChI is InChI=1S/C21H27N3O4/c25-18-13-24(12-17(18)22-20(27)19(26)14-5-3-6-14)21(28)15-7-4-8-16(11-15)23-9-1-2-10-23/h1-2,4,7-8,11,14,17-19,25-26H,3,5-6,9-10,12-13H2,(H,22,27)/t17-,18-,19?/m1/s1. The zero-order valence-electron chi connectivity index (χ0n) is 15.8. The molecule has 1 saturated heterocycles. The molecule has 0 radical (unpaired) electrons. The van der Waals surface area contributed by atoms with Gasteiger partial charge in [0.15, 0.2) is 0 Å². The van der Waals surface area contributed by atoms with Crippen LogP contribution in [0.25, 0.3) is 0 Å². The number of anilines is 1. The number of rotatable bonds is 5. The van der Waals surface area contributed by atoms with Gasteiger partial charge in [0.25, 0.3) is 5.91 Å². The third-order valence-electron chi connectivity index (χ3n) is 6.05. The van der Waals surface area contributed by atoms with Crippen LogP contribution < -0.4 is 10.2 Å². The zero-order chi connectivity index (χ0) is 19.7. The largest absolute Gasteiger partial charge is 0.389 e. The molecule has 2 heterocycles. The fourth-order valence-corrected chi connectivity index (χ4v) is 4.04.